The van der Waals surface area contributed by atoms with Crippen molar-refractivity contribution >= 4 is 19.8 Å². The number of esters is 2. The van der Waals surface area contributed by atoms with E-state index in [-0.39, 0.29) is 19.3 Å². The Kier molecular flexibility index (Phi) is 36.0. The second kappa shape index (κ2) is 37.4. The van der Waals surface area contributed by atoms with Gasteiger partial charge in [0, 0.05) is 12.8 Å². The molecule has 0 spiro atoms. The molecule has 0 fully saturated rings. The lowest BCUT2D eigenvalue weighted by molar-refractivity contribution is -0.161. The van der Waals surface area contributed by atoms with Gasteiger partial charge in [0.05, 0.1) is 32.0 Å². The zero-order chi connectivity index (χ0) is 40.8. The van der Waals surface area contributed by atoms with E-state index < -0.39 is 70.6 Å². The summed E-state index contributed by atoms with van der Waals surface area (Å²) in [6, 6.07) is 0. The van der Waals surface area contributed by atoms with Crippen LogP contribution >= 0.6 is 7.82 Å². The third kappa shape index (κ3) is 37.2. The highest BCUT2D eigenvalue weighted by molar-refractivity contribution is 7.47. The number of unbranched alkanes of at least 4 members (excludes halogenated alkanes) is 14. The minimum atomic E-state index is -4.68. The average Bonchev–Trinajstić information content (AvgIpc) is 3.16. The summed E-state index contributed by atoms with van der Waals surface area (Å²) in [5.41, 5.74) is 0. The number of allylic oxidation sites excluding steroid dienone is 6. The molecule has 0 aliphatic carbocycles. The fourth-order valence-corrected chi connectivity index (χ4v) is 6.17. The zero-order valence-corrected chi connectivity index (χ0v) is 34.7. The second-order valence-corrected chi connectivity index (χ2v) is 15.5. The number of hydrogen-bond acceptors (Lipinski definition) is 11. The minimum absolute atomic E-state index is 0.0638. The van der Waals surface area contributed by atoms with Crippen molar-refractivity contribution in [3.8, 4) is 0 Å². The largest absolute Gasteiger partial charge is 0.472 e. The van der Waals surface area contributed by atoms with Gasteiger partial charge in [-0.3, -0.25) is 18.6 Å². The maximum Gasteiger partial charge on any atom is 0.472 e. The number of ether oxygens (including phenoxy) is 2. The number of rotatable bonds is 38. The number of aliphatic hydroxyl groups is 4. The molecule has 0 aliphatic rings. The number of aliphatic hydroxyl groups excluding tert-OH is 4. The lowest BCUT2D eigenvalue weighted by Crippen LogP contribution is -2.30. The van der Waals surface area contributed by atoms with Crippen LogP contribution in [0.1, 0.15) is 155 Å². The fourth-order valence-electron chi connectivity index (χ4n) is 5.38. The van der Waals surface area contributed by atoms with Crippen molar-refractivity contribution < 1.29 is 58.0 Å². The van der Waals surface area contributed by atoms with Gasteiger partial charge in [-0.2, -0.15) is 0 Å². The lowest BCUT2D eigenvalue weighted by atomic mass is 10.0. The fraction of sp³-hybridized carbons (Fsp3) is 0.762. The third-order valence-corrected chi connectivity index (χ3v) is 9.65. The highest BCUT2D eigenvalue weighted by Gasteiger charge is 2.27. The molecule has 13 heteroatoms. The van der Waals surface area contributed by atoms with Crippen LogP contribution in [0.25, 0.3) is 0 Å². The summed E-state index contributed by atoms with van der Waals surface area (Å²) in [7, 11) is -4.68. The van der Waals surface area contributed by atoms with Crippen LogP contribution in [0.4, 0.5) is 0 Å². The molecule has 5 atom stereocenters. The van der Waals surface area contributed by atoms with E-state index >= 15 is 0 Å². The average molecular weight is 803 g/mol. The molecule has 0 amide bonds. The van der Waals surface area contributed by atoms with Gasteiger partial charge in [0.1, 0.15) is 12.7 Å². The predicted octanol–water partition coefficient (Wildman–Crippen LogP) is 8.50. The molecule has 1 unspecified atom stereocenters. The summed E-state index contributed by atoms with van der Waals surface area (Å²) < 4.78 is 32.5. The number of carbonyl (C=O) groups excluding carboxylic acids is 2. The molecular formula is C42H75O12P. The number of phosphoric acid groups is 1. The van der Waals surface area contributed by atoms with Crippen LogP contribution in [0.5, 0.6) is 0 Å². The maximum atomic E-state index is 12.6. The first-order valence-corrected chi connectivity index (χ1v) is 22.3. The summed E-state index contributed by atoms with van der Waals surface area (Å²) in [6.45, 7) is 2.00. The molecule has 0 heterocycles. The Balaban J connectivity index is 4.58. The molecule has 0 saturated carbocycles. The van der Waals surface area contributed by atoms with Gasteiger partial charge in [0.15, 0.2) is 6.10 Å². The molecule has 12 nitrogen and oxygen atoms in total. The SMILES string of the molecule is CCCCCCCCCCCCCCCC(=O)OC[C@H](COP(=O)(O)OC[C@@H](O)CO)OC(=O)CCC[C@H](O)/C=C/C=C\C/C=C\C=C\[C@H](O)CCCCC. The Morgan fingerprint density at radius 2 is 1.07 bits per heavy atom. The van der Waals surface area contributed by atoms with E-state index in [4.69, 9.17) is 19.1 Å². The highest BCUT2D eigenvalue weighted by atomic mass is 31.2. The summed E-state index contributed by atoms with van der Waals surface area (Å²) in [6.07, 6.45) is 31.5. The highest BCUT2D eigenvalue weighted by Crippen LogP contribution is 2.43. The zero-order valence-electron chi connectivity index (χ0n) is 33.9. The number of hydrogen-bond donors (Lipinski definition) is 5. The molecule has 0 aliphatic heterocycles. The molecule has 0 bridgehead atoms. The molecule has 5 N–H and O–H groups in total. The Hall–Kier alpha value is -2.15. The van der Waals surface area contributed by atoms with Gasteiger partial charge in [0.25, 0.3) is 0 Å². The van der Waals surface area contributed by atoms with Crippen LogP contribution in [0.15, 0.2) is 48.6 Å². The number of carbonyl (C=O) groups is 2. The van der Waals surface area contributed by atoms with Crippen molar-refractivity contribution in [1.29, 1.82) is 0 Å². The van der Waals surface area contributed by atoms with E-state index in [1.54, 1.807) is 18.2 Å². The first-order valence-electron chi connectivity index (χ1n) is 20.8. The first-order chi connectivity index (χ1) is 26.5. The van der Waals surface area contributed by atoms with Gasteiger partial charge >= 0.3 is 19.8 Å². The Labute approximate surface area is 331 Å². The van der Waals surface area contributed by atoms with E-state index in [1.807, 2.05) is 30.4 Å². The van der Waals surface area contributed by atoms with Gasteiger partial charge in [-0.15, -0.1) is 0 Å². The van der Waals surface area contributed by atoms with Crippen LogP contribution in [-0.2, 0) is 32.7 Å². The van der Waals surface area contributed by atoms with Crippen LogP contribution < -0.4 is 0 Å². The standard InChI is InChI=1S/C42H75O12P/c1-3-5-7-8-9-10-11-12-13-14-18-21-25-31-41(47)51-35-40(36-53-55(49,50)52-34-39(46)33-43)54-42(48)32-26-30-38(45)29-24-20-17-15-16-19-23-28-37(44)27-22-6-4-2/h16-17,19-20,23-24,28-29,37-40,43-46H,3-15,18,21-22,25-27,30-36H2,1-2H3,(H,49,50)/b19-16-,20-17-,28-23+,29-24+/t37-,38-,39+,40-/m1/s1. The maximum absolute atomic E-state index is 12.6. The van der Waals surface area contributed by atoms with E-state index in [9.17, 15) is 34.4 Å². The molecule has 320 valence electrons. The van der Waals surface area contributed by atoms with E-state index in [2.05, 4.69) is 18.4 Å². The Bertz CT molecular complexity index is 1090. The van der Waals surface area contributed by atoms with Crippen molar-refractivity contribution in [2.24, 2.45) is 0 Å². The lowest BCUT2D eigenvalue weighted by Gasteiger charge is -2.20. The minimum Gasteiger partial charge on any atom is -0.462 e. The summed E-state index contributed by atoms with van der Waals surface area (Å²) in [5, 5.41) is 38.4. The molecule has 0 radical (unpaired) electrons. The first kappa shape index (κ1) is 52.9. The van der Waals surface area contributed by atoms with Crippen LogP contribution in [-0.4, -0.2) is 88.1 Å². The Morgan fingerprint density at radius 1 is 0.600 bits per heavy atom. The normalized spacial score (nSPS) is 15.5. The molecule has 0 aromatic carbocycles. The molecule has 0 aromatic heterocycles. The molecular weight excluding hydrogens is 727 g/mol. The second-order valence-electron chi connectivity index (χ2n) is 14.1. The number of phosphoric ester groups is 1. The van der Waals surface area contributed by atoms with Crippen molar-refractivity contribution in [2.45, 2.75) is 180 Å². The van der Waals surface area contributed by atoms with Crippen LogP contribution in [0, 0.1) is 0 Å². The molecule has 0 rings (SSSR count). The van der Waals surface area contributed by atoms with Crippen molar-refractivity contribution in [3.05, 3.63) is 48.6 Å². The third-order valence-electron chi connectivity index (χ3n) is 8.69. The van der Waals surface area contributed by atoms with Crippen LogP contribution in [0.3, 0.4) is 0 Å². The molecule has 0 saturated heterocycles. The quantitative estimate of drug-likeness (QED) is 0.0174. The van der Waals surface area contributed by atoms with Crippen molar-refractivity contribution in [2.75, 3.05) is 26.4 Å². The van der Waals surface area contributed by atoms with Gasteiger partial charge < -0.3 is 34.8 Å². The summed E-state index contributed by atoms with van der Waals surface area (Å²) >= 11 is 0. The van der Waals surface area contributed by atoms with E-state index in [0.717, 1.165) is 44.9 Å². The topological polar surface area (TPSA) is 189 Å². The summed E-state index contributed by atoms with van der Waals surface area (Å²) in [5.74, 6) is -1.15. The van der Waals surface area contributed by atoms with Gasteiger partial charge in [-0.25, -0.2) is 4.57 Å². The van der Waals surface area contributed by atoms with Crippen molar-refractivity contribution in [3.63, 3.8) is 0 Å². The summed E-state index contributed by atoms with van der Waals surface area (Å²) in [4.78, 5) is 34.9. The molecule has 0 aromatic rings. The smallest absolute Gasteiger partial charge is 0.462 e. The van der Waals surface area contributed by atoms with Crippen LogP contribution in [0.2, 0.25) is 0 Å². The van der Waals surface area contributed by atoms with Gasteiger partial charge in [0.2, 0.25) is 0 Å². The predicted molar refractivity (Wildman–Crippen MR) is 217 cm³/mol. The van der Waals surface area contributed by atoms with Gasteiger partial charge in [-0.05, 0) is 32.1 Å². The molecule has 55 heavy (non-hydrogen) atoms. The Morgan fingerprint density at radius 3 is 1.62 bits per heavy atom. The monoisotopic (exact) mass is 802 g/mol. The van der Waals surface area contributed by atoms with E-state index in [1.165, 1.54) is 57.8 Å². The van der Waals surface area contributed by atoms with Gasteiger partial charge in [-0.1, -0.05) is 159 Å². The van der Waals surface area contributed by atoms with Crippen molar-refractivity contribution in [1.82, 2.24) is 0 Å². The van der Waals surface area contributed by atoms with E-state index in [0.29, 0.717) is 19.3 Å².